The maximum Gasteiger partial charge on any atom is 0.187 e. The van der Waals surface area contributed by atoms with Gasteiger partial charge in [0.15, 0.2) is 25.0 Å². The molecule has 2 atom stereocenters. The quantitative estimate of drug-likeness (QED) is 0.263. The molecule has 4 nitrogen and oxygen atoms in total. The van der Waals surface area contributed by atoms with Crippen molar-refractivity contribution in [2.24, 2.45) is 0 Å². The first kappa shape index (κ1) is 31.9. The average Bonchev–Trinajstić information content (AvgIpc) is 2.74. The number of nitrogens with one attached hydrogen (secondary N) is 1. The van der Waals surface area contributed by atoms with Crippen LogP contribution in [0.3, 0.4) is 0 Å². The van der Waals surface area contributed by atoms with Crippen molar-refractivity contribution in [2.45, 2.75) is 159 Å². The van der Waals surface area contributed by atoms with Crippen LogP contribution in [0.2, 0.25) is 81.6 Å². The van der Waals surface area contributed by atoms with Crippen molar-refractivity contribution in [3.63, 3.8) is 0 Å². The molecular weight excluding hydrogens is 499 g/mol. The van der Waals surface area contributed by atoms with Gasteiger partial charge in [-0.15, -0.1) is 0 Å². The van der Waals surface area contributed by atoms with Gasteiger partial charge in [-0.05, 0) is 97.2 Å². The van der Waals surface area contributed by atoms with E-state index < -0.39 is 33.0 Å². The average molecular weight is 560 g/mol. The lowest BCUT2D eigenvalue weighted by atomic mass is 9.89. The number of hydrogen-bond donors (Lipinski definition) is 1. The predicted octanol–water partition coefficient (Wildman–Crippen LogP) is 8.22. The summed E-state index contributed by atoms with van der Waals surface area (Å²) in [4.78, 5) is 0. The van der Waals surface area contributed by atoms with Crippen LogP contribution in [0, 0.1) is 0 Å². The van der Waals surface area contributed by atoms with Crippen LogP contribution >= 0.6 is 0 Å². The van der Waals surface area contributed by atoms with Crippen LogP contribution in [-0.2, 0) is 13.3 Å². The minimum Gasteiger partial charge on any atom is -0.411 e. The van der Waals surface area contributed by atoms with E-state index in [0.717, 1.165) is 12.8 Å². The van der Waals surface area contributed by atoms with Gasteiger partial charge >= 0.3 is 0 Å². The van der Waals surface area contributed by atoms with E-state index in [9.17, 15) is 0 Å². The normalized spacial score (nSPS) is 36.5. The SMILES string of the molecule is CCC1O[Si](C)(C)CCC[Si]2(CCCNC)CCC[Si](C)(C)OC(CC)C1(C)O[Si](C)(C)CCC2. The van der Waals surface area contributed by atoms with Gasteiger partial charge in [-0.2, -0.15) is 0 Å². The van der Waals surface area contributed by atoms with Crippen LogP contribution in [0.25, 0.3) is 0 Å². The zero-order valence-corrected chi connectivity index (χ0v) is 29.3. The van der Waals surface area contributed by atoms with E-state index in [1.165, 1.54) is 74.5 Å². The second-order valence-corrected chi connectivity index (χ2v) is 31.6. The Labute approximate surface area is 223 Å². The molecule has 2 aliphatic heterocycles. The van der Waals surface area contributed by atoms with Crippen LogP contribution in [-0.4, -0.2) is 64.4 Å². The van der Waals surface area contributed by atoms with E-state index in [-0.39, 0.29) is 17.8 Å². The highest BCUT2D eigenvalue weighted by atomic mass is 28.4. The van der Waals surface area contributed by atoms with Gasteiger partial charge in [0.05, 0.1) is 20.3 Å². The summed E-state index contributed by atoms with van der Waals surface area (Å²) in [6, 6.07) is 9.88. The lowest BCUT2D eigenvalue weighted by Gasteiger charge is -2.50. The summed E-state index contributed by atoms with van der Waals surface area (Å²) in [7, 11) is -4.75. The van der Waals surface area contributed by atoms with Crippen LogP contribution in [0.1, 0.15) is 59.3 Å². The Bertz CT molecular complexity index is 612. The highest BCUT2D eigenvalue weighted by Gasteiger charge is 2.50. The fraction of sp³-hybridized carbons (Fsp3) is 1.00. The van der Waals surface area contributed by atoms with Gasteiger partial charge in [0.2, 0.25) is 0 Å². The van der Waals surface area contributed by atoms with Crippen molar-refractivity contribution in [1.29, 1.82) is 0 Å². The molecule has 0 aromatic rings. The first-order valence-corrected chi connectivity index (χ1v) is 27.1. The molecule has 2 saturated heterocycles. The van der Waals surface area contributed by atoms with Gasteiger partial charge < -0.3 is 18.6 Å². The van der Waals surface area contributed by atoms with Crippen LogP contribution in [0.15, 0.2) is 0 Å². The van der Waals surface area contributed by atoms with Gasteiger partial charge in [-0.25, -0.2) is 0 Å². The van der Waals surface area contributed by atoms with Gasteiger partial charge in [0, 0.05) is 0 Å². The summed E-state index contributed by atoms with van der Waals surface area (Å²) in [5.41, 5.74) is -0.364. The Kier molecular flexibility index (Phi) is 12.0. The molecule has 2 fully saturated rings. The summed E-state index contributed by atoms with van der Waals surface area (Å²) in [5.74, 6) is 0. The van der Waals surface area contributed by atoms with Crippen molar-refractivity contribution in [2.75, 3.05) is 13.6 Å². The Morgan fingerprint density at radius 1 is 0.714 bits per heavy atom. The monoisotopic (exact) mass is 559 g/mol. The largest absolute Gasteiger partial charge is 0.411 e. The van der Waals surface area contributed by atoms with Gasteiger partial charge in [0.1, 0.15) is 5.60 Å². The maximum absolute atomic E-state index is 7.41. The van der Waals surface area contributed by atoms with E-state index in [1.54, 1.807) is 0 Å². The third kappa shape index (κ3) is 9.44. The first-order chi connectivity index (χ1) is 16.2. The molecule has 2 bridgehead atoms. The molecule has 2 rings (SSSR count). The summed E-state index contributed by atoms with van der Waals surface area (Å²) in [6.45, 7) is 23.0. The Morgan fingerprint density at radius 2 is 1.14 bits per heavy atom. The fourth-order valence-corrected chi connectivity index (χ4v) is 20.6. The molecular formula is C27H61NO3Si4. The Morgan fingerprint density at radius 3 is 1.54 bits per heavy atom. The van der Waals surface area contributed by atoms with E-state index in [4.69, 9.17) is 13.3 Å². The zero-order chi connectivity index (χ0) is 26.4. The molecule has 0 saturated carbocycles. The highest BCUT2D eigenvalue weighted by Crippen LogP contribution is 2.42. The van der Waals surface area contributed by atoms with Crippen molar-refractivity contribution < 1.29 is 13.3 Å². The lowest BCUT2D eigenvalue weighted by Crippen LogP contribution is -2.61. The van der Waals surface area contributed by atoms with E-state index >= 15 is 0 Å². The zero-order valence-electron chi connectivity index (χ0n) is 25.3. The minimum atomic E-state index is -1.89. The molecule has 2 aliphatic rings. The molecule has 208 valence electrons. The third-order valence-electron chi connectivity index (χ3n) is 9.03. The van der Waals surface area contributed by atoms with Crippen molar-refractivity contribution >= 4 is 33.0 Å². The number of rotatable bonds is 6. The van der Waals surface area contributed by atoms with Gasteiger partial charge in [0.25, 0.3) is 0 Å². The molecule has 0 aliphatic carbocycles. The molecule has 0 amide bonds. The van der Waals surface area contributed by atoms with Gasteiger partial charge in [-0.1, -0.05) is 57.3 Å². The Balaban J connectivity index is 2.60. The fourth-order valence-electron chi connectivity index (χ4n) is 7.14. The molecule has 0 aromatic carbocycles. The second kappa shape index (κ2) is 13.2. The van der Waals surface area contributed by atoms with Crippen LogP contribution in [0.5, 0.6) is 0 Å². The maximum atomic E-state index is 7.41. The predicted molar refractivity (Wildman–Crippen MR) is 164 cm³/mol. The summed E-state index contributed by atoms with van der Waals surface area (Å²) >= 11 is 0. The van der Waals surface area contributed by atoms with Crippen LogP contribution < -0.4 is 5.32 Å². The first-order valence-electron chi connectivity index (χ1n) is 14.9. The Hall–Kier alpha value is 0.708. The van der Waals surface area contributed by atoms with E-state index in [2.05, 4.69) is 72.4 Å². The molecule has 1 N–H and O–H groups in total. The number of fused-ring (bicyclic) bond motifs is 6. The van der Waals surface area contributed by atoms with Crippen molar-refractivity contribution in [3.8, 4) is 0 Å². The van der Waals surface area contributed by atoms with Crippen molar-refractivity contribution in [3.05, 3.63) is 0 Å². The smallest absolute Gasteiger partial charge is 0.187 e. The van der Waals surface area contributed by atoms with Crippen molar-refractivity contribution in [1.82, 2.24) is 5.32 Å². The molecule has 2 unspecified atom stereocenters. The topological polar surface area (TPSA) is 39.7 Å². The summed E-state index contributed by atoms with van der Waals surface area (Å²) in [6.07, 6.45) is 7.73. The molecule has 35 heavy (non-hydrogen) atoms. The standard InChI is InChI=1S/C27H61NO3Si4/c1-11-25-27(3)26(12-2)30-33(7,8)19-15-23-35(21-13-17-28-4,22-14-18-32(5,6)29-25)24-16-20-34(9,10)31-27/h25-26,28H,11-24H2,1-10H3. The molecule has 2 heterocycles. The second-order valence-electron chi connectivity index (χ2n) is 13.9. The molecule has 8 heteroatoms. The summed E-state index contributed by atoms with van der Waals surface area (Å²) < 4.78 is 21.8. The minimum absolute atomic E-state index is 0.118. The van der Waals surface area contributed by atoms with Crippen LogP contribution in [0.4, 0.5) is 0 Å². The highest BCUT2D eigenvalue weighted by molar-refractivity contribution is 6.80. The molecule has 0 spiro atoms. The third-order valence-corrected chi connectivity index (χ3v) is 22.2. The lowest BCUT2D eigenvalue weighted by molar-refractivity contribution is -0.111. The van der Waals surface area contributed by atoms with E-state index in [0.29, 0.717) is 0 Å². The molecule has 0 aromatic heterocycles. The number of hydrogen-bond acceptors (Lipinski definition) is 4. The van der Waals surface area contributed by atoms with Gasteiger partial charge in [-0.3, -0.25) is 0 Å². The summed E-state index contributed by atoms with van der Waals surface area (Å²) in [5, 5.41) is 3.43. The van der Waals surface area contributed by atoms with E-state index in [1.807, 2.05) is 0 Å². The molecule has 0 radical (unpaired) electrons.